The molecule has 0 unspecified atom stereocenters. The molecule has 2 aromatic heterocycles. The van der Waals surface area contributed by atoms with Crippen LogP contribution in [0.2, 0.25) is 0 Å². The largest absolute Gasteiger partial charge is 0.364 e. The van der Waals surface area contributed by atoms with E-state index in [9.17, 15) is 0 Å². The number of aryl methyl sites for hydroxylation is 2. The van der Waals surface area contributed by atoms with Gasteiger partial charge in [-0.25, -0.2) is 4.68 Å². The smallest absolute Gasteiger partial charge is 0.144 e. The van der Waals surface area contributed by atoms with E-state index in [1.54, 1.807) is 22.2 Å². The van der Waals surface area contributed by atoms with Gasteiger partial charge in [-0.2, -0.15) is 0 Å². The van der Waals surface area contributed by atoms with Gasteiger partial charge in [-0.15, -0.1) is 16.4 Å². The lowest BCUT2D eigenvalue weighted by atomic mass is 10.3. The van der Waals surface area contributed by atoms with E-state index in [2.05, 4.69) is 34.0 Å². The van der Waals surface area contributed by atoms with E-state index < -0.39 is 0 Å². The standard InChI is InChI=1S/C9H12N4S/c1-7-3-4-14-8(7)5-10-9-6-11-12-13(9)2/h3-4,6,10H,5H2,1-2H3. The lowest BCUT2D eigenvalue weighted by Crippen LogP contribution is -2.04. The van der Waals surface area contributed by atoms with Crippen LogP contribution in [-0.4, -0.2) is 15.0 Å². The summed E-state index contributed by atoms with van der Waals surface area (Å²) in [5.74, 6) is 0.942. The van der Waals surface area contributed by atoms with Gasteiger partial charge in [0.15, 0.2) is 0 Å². The monoisotopic (exact) mass is 208 g/mol. The van der Waals surface area contributed by atoms with Crippen LogP contribution in [0.15, 0.2) is 17.6 Å². The molecule has 0 aliphatic carbocycles. The molecule has 0 aromatic carbocycles. The van der Waals surface area contributed by atoms with Crippen LogP contribution in [0.4, 0.5) is 5.82 Å². The molecule has 2 heterocycles. The highest BCUT2D eigenvalue weighted by atomic mass is 32.1. The molecule has 14 heavy (non-hydrogen) atoms. The number of hydrogen-bond donors (Lipinski definition) is 1. The number of anilines is 1. The number of nitrogens with one attached hydrogen (secondary N) is 1. The van der Waals surface area contributed by atoms with Gasteiger partial charge < -0.3 is 5.32 Å². The van der Waals surface area contributed by atoms with E-state index in [1.165, 1.54) is 10.4 Å². The van der Waals surface area contributed by atoms with Crippen LogP contribution in [0.1, 0.15) is 10.4 Å². The molecule has 0 aliphatic rings. The Hall–Kier alpha value is -1.36. The van der Waals surface area contributed by atoms with Crippen LogP contribution >= 0.6 is 11.3 Å². The molecule has 0 fully saturated rings. The second kappa shape index (κ2) is 3.79. The molecule has 0 atom stereocenters. The third-order valence-corrected chi connectivity index (χ3v) is 3.14. The second-order valence-electron chi connectivity index (χ2n) is 3.12. The van der Waals surface area contributed by atoms with Crippen molar-refractivity contribution in [2.24, 2.45) is 7.05 Å². The topological polar surface area (TPSA) is 42.7 Å². The number of thiophene rings is 1. The highest BCUT2D eigenvalue weighted by molar-refractivity contribution is 7.10. The van der Waals surface area contributed by atoms with E-state index >= 15 is 0 Å². The van der Waals surface area contributed by atoms with Gasteiger partial charge in [0, 0.05) is 11.9 Å². The summed E-state index contributed by atoms with van der Waals surface area (Å²) in [5.41, 5.74) is 1.33. The average Bonchev–Trinajstić information content (AvgIpc) is 2.72. The molecule has 0 radical (unpaired) electrons. The summed E-state index contributed by atoms with van der Waals surface area (Å²) in [5, 5.41) is 13.0. The zero-order valence-electron chi connectivity index (χ0n) is 8.19. The Bertz CT molecular complexity index is 378. The maximum atomic E-state index is 3.85. The molecule has 2 aromatic rings. The first-order chi connectivity index (χ1) is 6.77. The van der Waals surface area contributed by atoms with Gasteiger partial charge in [-0.1, -0.05) is 5.21 Å². The van der Waals surface area contributed by atoms with Gasteiger partial charge in [-0.05, 0) is 23.9 Å². The zero-order valence-corrected chi connectivity index (χ0v) is 9.01. The fourth-order valence-electron chi connectivity index (χ4n) is 1.21. The summed E-state index contributed by atoms with van der Waals surface area (Å²) >= 11 is 1.76. The fourth-order valence-corrected chi connectivity index (χ4v) is 2.05. The minimum Gasteiger partial charge on any atom is -0.364 e. The summed E-state index contributed by atoms with van der Waals surface area (Å²) < 4.78 is 1.73. The second-order valence-corrected chi connectivity index (χ2v) is 4.12. The van der Waals surface area contributed by atoms with Crippen LogP contribution in [0.3, 0.4) is 0 Å². The maximum absolute atomic E-state index is 3.85. The first kappa shape index (κ1) is 9.21. The van der Waals surface area contributed by atoms with Crippen molar-refractivity contribution in [1.29, 1.82) is 0 Å². The van der Waals surface area contributed by atoms with Crippen molar-refractivity contribution in [2.45, 2.75) is 13.5 Å². The molecule has 0 amide bonds. The Balaban J connectivity index is 2.02. The molecule has 4 nitrogen and oxygen atoms in total. The highest BCUT2D eigenvalue weighted by Crippen LogP contribution is 2.16. The van der Waals surface area contributed by atoms with Gasteiger partial charge >= 0.3 is 0 Å². The molecule has 0 saturated carbocycles. The van der Waals surface area contributed by atoms with E-state index in [-0.39, 0.29) is 0 Å². The Labute approximate surface area is 86.6 Å². The van der Waals surface area contributed by atoms with Crippen molar-refractivity contribution in [3.63, 3.8) is 0 Å². The van der Waals surface area contributed by atoms with Crippen LogP contribution < -0.4 is 5.32 Å². The van der Waals surface area contributed by atoms with Crippen LogP contribution in [0.5, 0.6) is 0 Å². The quantitative estimate of drug-likeness (QED) is 0.836. The Kier molecular flexibility index (Phi) is 2.49. The van der Waals surface area contributed by atoms with Crippen molar-refractivity contribution in [3.8, 4) is 0 Å². The maximum Gasteiger partial charge on any atom is 0.144 e. The van der Waals surface area contributed by atoms with E-state index in [1.807, 2.05) is 7.05 Å². The minimum absolute atomic E-state index is 0.838. The van der Waals surface area contributed by atoms with Crippen molar-refractivity contribution in [2.75, 3.05) is 5.32 Å². The molecule has 0 bridgehead atoms. The van der Waals surface area contributed by atoms with E-state index in [4.69, 9.17) is 0 Å². The van der Waals surface area contributed by atoms with Gasteiger partial charge in [-0.3, -0.25) is 0 Å². The van der Waals surface area contributed by atoms with Crippen LogP contribution in [-0.2, 0) is 13.6 Å². The molecule has 74 valence electrons. The third kappa shape index (κ3) is 1.77. The molecule has 0 aliphatic heterocycles. The van der Waals surface area contributed by atoms with Crippen molar-refractivity contribution in [3.05, 3.63) is 28.1 Å². The SMILES string of the molecule is Cc1ccsc1CNc1cnnn1C. The van der Waals surface area contributed by atoms with E-state index in [0.717, 1.165) is 12.4 Å². The summed E-state index contributed by atoms with van der Waals surface area (Å²) in [7, 11) is 1.87. The molecule has 0 spiro atoms. The van der Waals surface area contributed by atoms with Gasteiger partial charge in [0.2, 0.25) is 0 Å². The number of aromatic nitrogens is 3. The molecular weight excluding hydrogens is 196 g/mol. The lowest BCUT2D eigenvalue weighted by Gasteiger charge is -2.04. The first-order valence-corrected chi connectivity index (χ1v) is 5.27. The molecule has 0 saturated heterocycles. The first-order valence-electron chi connectivity index (χ1n) is 4.39. The molecule has 2 rings (SSSR count). The van der Waals surface area contributed by atoms with Crippen molar-refractivity contribution < 1.29 is 0 Å². The molecule has 5 heteroatoms. The normalized spacial score (nSPS) is 10.4. The van der Waals surface area contributed by atoms with Crippen LogP contribution in [0.25, 0.3) is 0 Å². The Morgan fingerprint density at radius 3 is 3.00 bits per heavy atom. The molecular formula is C9H12N4S. The lowest BCUT2D eigenvalue weighted by molar-refractivity contribution is 0.717. The Morgan fingerprint density at radius 2 is 2.43 bits per heavy atom. The summed E-state index contributed by atoms with van der Waals surface area (Å²) in [4.78, 5) is 1.35. The highest BCUT2D eigenvalue weighted by Gasteiger charge is 2.01. The third-order valence-electron chi connectivity index (χ3n) is 2.11. The Morgan fingerprint density at radius 1 is 1.57 bits per heavy atom. The molecule has 1 N–H and O–H groups in total. The van der Waals surface area contributed by atoms with Crippen LogP contribution in [0, 0.1) is 6.92 Å². The van der Waals surface area contributed by atoms with Crippen molar-refractivity contribution in [1.82, 2.24) is 15.0 Å². The minimum atomic E-state index is 0.838. The van der Waals surface area contributed by atoms with Gasteiger partial charge in [0.1, 0.15) is 5.82 Å². The summed E-state index contributed by atoms with van der Waals surface area (Å²) in [6.07, 6.45) is 1.73. The number of hydrogen-bond acceptors (Lipinski definition) is 4. The predicted octanol–water partition coefficient (Wildman–Crippen LogP) is 1.80. The predicted molar refractivity (Wildman–Crippen MR) is 57.4 cm³/mol. The zero-order chi connectivity index (χ0) is 9.97. The van der Waals surface area contributed by atoms with Crippen molar-refractivity contribution >= 4 is 17.2 Å². The summed E-state index contributed by atoms with van der Waals surface area (Å²) in [6.45, 7) is 2.96. The van der Waals surface area contributed by atoms with Gasteiger partial charge in [0.25, 0.3) is 0 Å². The summed E-state index contributed by atoms with van der Waals surface area (Å²) in [6, 6.07) is 2.13. The van der Waals surface area contributed by atoms with Gasteiger partial charge in [0.05, 0.1) is 12.7 Å². The fraction of sp³-hybridized carbons (Fsp3) is 0.333. The number of rotatable bonds is 3. The van der Waals surface area contributed by atoms with E-state index in [0.29, 0.717) is 0 Å². The average molecular weight is 208 g/mol. The number of nitrogens with zero attached hydrogens (tertiary/aromatic N) is 3.